The van der Waals surface area contributed by atoms with E-state index >= 15 is 0 Å². The number of hydrogen-bond donors (Lipinski definition) is 0. The Morgan fingerprint density at radius 1 is 1.18 bits per heavy atom. The molecule has 0 aromatic heterocycles. The Morgan fingerprint density at radius 3 is 2.47 bits per heavy atom. The Labute approximate surface area is 104 Å². The monoisotopic (exact) mass is 222 g/mol. The summed E-state index contributed by atoms with van der Waals surface area (Å²) >= 11 is 0. The number of allylic oxidation sites excluding steroid dienone is 6. The van der Waals surface area contributed by atoms with Crippen LogP contribution in [0.5, 0.6) is 0 Å². The highest BCUT2D eigenvalue weighted by Crippen LogP contribution is 2.38. The third kappa shape index (κ3) is 2.03. The minimum Gasteiger partial charge on any atom is -0.0987 e. The molecule has 1 aromatic carbocycles. The van der Waals surface area contributed by atoms with Crippen LogP contribution in [0, 0.1) is 12.8 Å². The van der Waals surface area contributed by atoms with E-state index in [0.717, 1.165) is 0 Å². The van der Waals surface area contributed by atoms with E-state index in [0.29, 0.717) is 5.92 Å². The van der Waals surface area contributed by atoms with Gasteiger partial charge >= 0.3 is 0 Å². The van der Waals surface area contributed by atoms with Crippen molar-refractivity contribution in [1.82, 2.24) is 0 Å². The van der Waals surface area contributed by atoms with Gasteiger partial charge in [-0.05, 0) is 29.2 Å². The molecule has 0 unspecified atom stereocenters. The van der Waals surface area contributed by atoms with Gasteiger partial charge in [0.15, 0.2) is 0 Å². The van der Waals surface area contributed by atoms with E-state index in [4.69, 9.17) is 0 Å². The normalized spacial score (nSPS) is 19.2. The second kappa shape index (κ2) is 4.58. The highest BCUT2D eigenvalue weighted by molar-refractivity contribution is 5.78. The molecule has 0 heteroatoms. The Balaban J connectivity index is 2.45. The summed E-state index contributed by atoms with van der Waals surface area (Å²) in [5.74, 6) is 0.405. The van der Waals surface area contributed by atoms with Crippen LogP contribution in [0.3, 0.4) is 0 Å². The molecule has 0 saturated heterocycles. The van der Waals surface area contributed by atoms with Crippen molar-refractivity contribution in [2.75, 3.05) is 0 Å². The topological polar surface area (TPSA) is 0 Å². The predicted molar refractivity (Wildman–Crippen MR) is 75.7 cm³/mol. The number of benzene rings is 1. The van der Waals surface area contributed by atoms with E-state index in [9.17, 15) is 0 Å². The van der Waals surface area contributed by atoms with Gasteiger partial charge in [-0.1, -0.05) is 68.1 Å². The van der Waals surface area contributed by atoms with Gasteiger partial charge in [0.05, 0.1) is 0 Å². The van der Waals surface area contributed by atoms with E-state index in [-0.39, 0.29) is 0 Å². The summed E-state index contributed by atoms with van der Waals surface area (Å²) in [6, 6.07) is 8.63. The van der Waals surface area contributed by atoms with Crippen molar-refractivity contribution in [2.45, 2.75) is 13.8 Å². The molecule has 17 heavy (non-hydrogen) atoms. The molecule has 0 heterocycles. The fourth-order valence-electron chi connectivity index (χ4n) is 2.42. The standard InChI is InChI=1S/C17H18/c1-5-14-11-17(13(4)16(14)6-2)15-9-7-8-12(3)10-15/h5-11,13H,1-2H2,3-4H3/t13-/m1/s1. The van der Waals surface area contributed by atoms with Gasteiger partial charge in [-0.15, -0.1) is 0 Å². The van der Waals surface area contributed by atoms with Crippen LogP contribution in [0.2, 0.25) is 0 Å². The van der Waals surface area contributed by atoms with Gasteiger partial charge in [0.25, 0.3) is 0 Å². The Kier molecular flexibility index (Phi) is 3.14. The molecule has 1 aliphatic carbocycles. The summed E-state index contributed by atoms with van der Waals surface area (Å²) < 4.78 is 0. The second-order valence-electron chi connectivity index (χ2n) is 4.51. The molecule has 0 aliphatic heterocycles. The summed E-state index contributed by atoms with van der Waals surface area (Å²) in [7, 11) is 0. The second-order valence-corrected chi connectivity index (χ2v) is 4.51. The molecule has 0 amide bonds. The fraction of sp³-hybridized carbons (Fsp3) is 0.176. The first-order valence-corrected chi connectivity index (χ1v) is 5.95. The molecule has 86 valence electrons. The highest BCUT2D eigenvalue weighted by Gasteiger charge is 2.21. The van der Waals surface area contributed by atoms with Gasteiger partial charge in [-0.25, -0.2) is 0 Å². The third-order valence-electron chi connectivity index (χ3n) is 3.37. The average Bonchev–Trinajstić information content (AvgIpc) is 2.65. The van der Waals surface area contributed by atoms with Crippen LogP contribution >= 0.6 is 0 Å². The van der Waals surface area contributed by atoms with Crippen molar-refractivity contribution in [1.29, 1.82) is 0 Å². The quantitative estimate of drug-likeness (QED) is 0.695. The summed E-state index contributed by atoms with van der Waals surface area (Å²) in [4.78, 5) is 0. The minimum absolute atomic E-state index is 0.405. The molecule has 0 N–H and O–H groups in total. The van der Waals surface area contributed by atoms with Gasteiger partial charge in [0, 0.05) is 5.92 Å². The first kappa shape index (κ1) is 11.7. The average molecular weight is 222 g/mol. The van der Waals surface area contributed by atoms with Crippen LogP contribution in [0.4, 0.5) is 0 Å². The maximum atomic E-state index is 3.90. The van der Waals surface area contributed by atoms with Gasteiger partial charge < -0.3 is 0 Å². The smallest absolute Gasteiger partial charge is 0.00728 e. The fourth-order valence-corrected chi connectivity index (χ4v) is 2.42. The Hall–Kier alpha value is -1.82. The van der Waals surface area contributed by atoms with Crippen LogP contribution in [0.1, 0.15) is 18.1 Å². The van der Waals surface area contributed by atoms with Crippen molar-refractivity contribution < 1.29 is 0 Å². The number of aryl methyl sites for hydroxylation is 1. The van der Waals surface area contributed by atoms with Crippen LogP contribution in [-0.4, -0.2) is 0 Å². The lowest BCUT2D eigenvalue weighted by Crippen LogP contribution is -1.97. The summed E-state index contributed by atoms with van der Waals surface area (Å²) in [6.07, 6.45) is 6.08. The molecule has 0 nitrogen and oxygen atoms in total. The molecule has 2 rings (SSSR count). The minimum atomic E-state index is 0.405. The van der Waals surface area contributed by atoms with Crippen molar-refractivity contribution in [2.24, 2.45) is 5.92 Å². The first-order valence-electron chi connectivity index (χ1n) is 5.95. The van der Waals surface area contributed by atoms with Gasteiger partial charge in [0.1, 0.15) is 0 Å². The van der Waals surface area contributed by atoms with Gasteiger partial charge in [-0.2, -0.15) is 0 Å². The Morgan fingerprint density at radius 2 is 1.94 bits per heavy atom. The molecule has 0 radical (unpaired) electrons. The molecule has 0 bridgehead atoms. The van der Waals surface area contributed by atoms with Crippen LogP contribution in [0.25, 0.3) is 5.57 Å². The molecule has 0 saturated carbocycles. The largest absolute Gasteiger partial charge is 0.0987 e. The van der Waals surface area contributed by atoms with E-state index in [2.05, 4.69) is 57.3 Å². The summed E-state index contributed by atoms with van der Waals surface area (Å²) in [5, 5.41) is 0. The third-order valence-corrected chi connectivity index (χ3v) is 3.37. The maximum Gasteiger partial charge on any atom is 0.00728 e. The zero-order valence-electron chi connectivity index (χ0n) is 10.5. The van der Waals surface area contributed by atoms with Crippen LogP contribution in [-0.2, 0) is 0 Å². The zero-order chi connectivity index (χ0) is 12.4. The molecular weight excluding hydrogens is 204 g/mol. The molecule has 0 fully saturated rings. The number of rotatable bonds is 3. The lowest BCUT2D eigenvalue weighted by atomic mass is 9.91. The van der Waals surface area contributed by atoms with E-state index < -0.39 is 0 Å². The van der Waals surface area contributed by atoms with Crippen LogP contribution < -0.4 is 0 Å². The molecule has 1 aromatic rings. The predicted octanol–water partition coefficient (Wildman–Crippen LogP) is 4.70. The van der Waals surface area contributed by atoms with Crippen molar-refractivity contribution >= 4 is 5.57 Å². The van der Waals surface area contributed by atoms with E-state index in [1.165, 1.54) is 27.8 Å². The Bertz CT molecular complexity index is 527. The van der Waals surface area contributed by atoms with Gasteiger partial charge in [-0.3, -0.25) is 0 Å². The van der Waals surface area contributed by atoms with E-state index in [1.54, 1.807) is 0 Å². The zero-order valence-corrected chi connectivity index (χ0v) is 10.5. The van der Waals surface area contributed by atoms with Gasteiger partial charge in [0.2, 0.25) is 0 Å². The summed E-state index contributed by atoms with van der Waals surface area (Å²) in [5.41, 5.74) is 6.43. The van der Waals surface area contributed by atoms with E-state index in [1.807, 2.05) is 12.2 Å². The first-order chi connectivity index (χ1) is 8.17. The lowest BCUT2D eigenvalue weighted by Gasteiger charge is -2.12. The molecule has 0 spiro atoms. The van der Waals surface area contributed by atoms with Crippen molar-refractivity contribution in [3.8, 4) is 0 Å². The van der Waals surface area contributed by atoms with Crippen molar-refractivity contribution in [3.63, 3.8) is 0 Å². The summed E-state index contributed by atoms with van der Waals surface area (Å²) in [6.45, 7) is 12.1. The molecule has 1 atom stereocenters. The SMILES string of the molecule is C=CC1=C(C=C)[C@@H](C)C(c2cccc(C)c2)=C1. The molecular formula is C17H18. The molecule has 1 aliphatic rings. The number of hydrogen-bond acceptors (Lipinski definition) is 0. The highest BCUT2D eigenvalue weighted by atomic mass is 14.3. The maximum absolute atomic E-state index is 3.90. The van der Waals surface area contributed by atoms with Crippen LogP contribution in [0.15, 0.2) is 66.8 Å². The lowest BCUT2D eigenvalue weighted by molar-refractivity contribution is 0.929. The van der Waals surface area contributed by atoms with Crippen molar-refractivity contribution in [3.05, 3.63) is 77.9 Å².